The van der Waals surface area contributed by atoms with Crippen LogP contribution in [0.5, 0.6) is 0 Å². The molecule has 0 unspecified atom stereocenters. The van der Waals surface area contributed by atoms with E-state index >= 15 is 0 Å². The van der Waals surface area contributed by atoms with E-state index in [1.54, 1.807) is 12.1 Å². The second kappa shape index (κ2) is 8.49. The van der Waals surface area contributed by atoms with E-state index in [0.29, 0.717) is 6.54 Å². The number of benzene rings is 1. The molecule has 1 fully saturated rings. The van der Waals surface area contributed by atoms with Crippen molar-refractivity contribution in [3.63, 3.8) is 0 Å². The predicted molar refractivity (Wildman–Crippen MR) is 103 cm³/mol. The molecule has 2 amide bonds. The van der Waals surface area contributed by atoms with Gasteiger partial charge in [0.1, 0.15) is 5.69 Å². The maximum absolute atomic E-state index is 12.8. The number of hydrogen-bond acceptors (Lipinski definition) is 5. The Labute approximate surface area is 164 Å². The molecule has 1 aromatic heterocycles. The van der Waals surface area contributed by atoms with Crippen LogP contribution < -0.4 is 10.9 Å². The Morgan fingerprint density at radius 1 is 1.04 bits per heavy atom. The molecule has 0 radical (unpaired) electrons. The summed E-state index contributed by atoms with van der Waals surface area (Å²) in [5, 5.41) is 0. The van der Waals surface area contributed by atoms with Crippen LogP contribution in [0, 0.1) is 0 Å². The summed E-state index contributed by atoms with van der Waals surface area (Å²) in [7, 11) is -3.59. The Bertz CT molecular complexity index is 946. The third kappa shape index (κ3) is 4.37. The summed E-state index contributed by atoms with van der Waals surface area (Å²) in [5.74, 6) is -1.10. The number of aromatic nitrogens is 1. The number of nitrogens with zero attached hydrogens (tertiary/aromatic N) is 2. The highest BCUT2D eigenvalue weighted by molar-refractivity contribution is 7.89. The fourth-order valence-corrected chi connectivity index (χ4v) is 4.79. The molecule has 3 rings (SSSR count). The van der Waals surface area contributed by atoms with Crippen LogP contribution in [0.2, 0.25) is 0 Å². The number of nitrogens with one attached hydrogen (secondary N) is 2. The molecule has 0 bridgehead atoms. The van der Waals surface area contributed by atoms with Crippen LogP contribution in [0.4, 0.5) is 0 Å². The van der Waals surface area contributed by atoms with Crippen LogP contribution in [0.3, 0.4) is 0 Å². The first-order valence-corrected chi connectivity index (χ1v) is 10.5. The summed E-state index contributed by atoms with van der Waals surface area (Å²) in [6, 6.07) is 10.5. The van der Waals surface area contributed by atoms with Gasteiger partial charge in [0.05, 0.1) is 4.90 Å². The summed E-state index contributed by atoms with van der Waals surface area (Å²) < 4.78 is 27.1. The first kappa shape index (κ1) is 20.0. The highest BCUT2D eigenvalue weighted by atomic mass is 32.2. The molecule has 9 heteroatoms. The smallest absolute Gasteiger partial charge is 0.267 e. The van der Waals surface area contributed by atoms with E-state index in [1.165, 1.54) is 40.8 Å². The zero-order valence-electron chi connectivity index (χ0n) is 15.5. The molecular formula is C19H22N4O4S. The van der Waals surface area contributed by atoms with Crippen LogP contribution in [0.1, 0.15) is 47.0 Å². The van der Waals surface area contributed by atoms with E-state index in [9.17, 15) is 18.0 Å². The molecular weight excluding hydrogens is 380 g/mol. The lowest BCUT2D eigenvalue weighted by Crippen LogP contribution is -2.42. The largest absolute Gasteiger partial charge is 0.288 e. The van der Waals surface area contributed by atoms with Crippen LogP contribution in [0.25, 0.3) is 0 Å². The first-order chi connectivity index (χ1) is 13.4. The third-order valence-corrected chi connectivity index (χ3v) is 6.68. The van der Waals surface area contributed by atoms with Crippen molar-refractivity contribution in [3.8, 4) is 0 Å². The van der Waals surface area contributed by atoms with Gasteiger partial charge in [0.25, 0.3) is 11.8 Å². The average Bonchev–Trinajstić information content (AvgIpc) is 2.72. The van der Waals surface area contributed by atoms with E-state index < -0.39 is 21.8 Å². The Morgan fingerprint density at radius 3 is 2.39 bits per heavy atom. The second-order valence-electron chi connectivity index (χ2n) is 6.61. The van der Waals surface area contributed by atoms with Crippen LogP contribution >= 0.6 is 0 Å². The molecule has 8 nitrogen and oxygen atoms in total. The zero-order valence-corrected chi connectivity index (χ0v) is 16.3. The molecule has 1 saturated heterocycles. The third-order valence-electron chi connectivity index (χ3n) is 4.65. The minimum Gasteiger partial charge on any atom is -0.267 e. The standard InChI is InChI=1S/C19H22N4O4S/c1-14-6-3-5-13-23(14)28(26,27)16-10-8-15(9-11-16)18(24)21-22-19(25)17-7-2-4-12-20-17/h2,4,7-12,14H,3,5-6,13H2,1H3,(H,21,24)(H,22,25)/t14-/m0/s1. The van der Waals surface area contributed by atoms with Gasteiger partial charge in [-0.05, 0) is 56.2 Å². The molecule has 0 aliphatic carbocycles. The lowest BCUT2D eigenvalue weighted by Gasteiger charge is -2.32. The monoisotopic (exact) mass is 402 g/mol. The Kier molecular flexibility index (Phi) is 6.05. The summed E-state index contributed by atoms with van der Waals surface area (Å²) in [6.07, 6.45) is 4.19. The Balaban J connectivity index is 1.65. The van der Waals surface area contributed by atoms with Crippen molar-refractivity contribution in [3.05, 3.63) is 59.9 Å². The highest BCUT2D eigenvalue weighted by Gasteiger charge is 2.30. The van der Waals surface area contributed by atoms with Gasteiger partial charge in [-0.15, -0.1) is 0 Å². The van der Waals surface area contributed by atoms with Crippen LogP contribution in [-0.2, 0) is 10.0 Å². The predicted octanol–water partition coefficient (Wildman–Crippen LogP) is 1.72. The molecule has 1 aliphatic rings. The molecule has 0 spiro atoms. The van der Waals surface area contributed by atoms with E-state index in [-0.39, 0.29) is 22.2 Å². The van der Waals surface area contributed by atoms with Crippen molar-refractivity contribution < 1.29 is 18.0 Å². The molecule has 1 aromatic carbocycles. The molecule has 2 N–H and O–H groups in total. The van der Waals surface area contributed by atoms with Crippen molar-refractivity contribution in [2.45, 2.75) is 37.1 Å². The van der Waals surface area contributed by atoms with Crippen LogP contribution in [-0.4, -0.2) is 42.1 Å². The maximum atomic E-state index is 12.8. The number of piperidine rings is 1. The summed E-state index contributed by atoms with van der Waals surface area (Å²) in [4.78, 5) is 28.1. The zero-order chi connectivity index (χ0) is 20.1. The number of sulfonamides is 1. The fourth-order valence-electron chi connectivity index (χ4n) is 3.09. The Morgan fingerprint density at radius 2 is 1.75 bits per heavy atom. The van der Waals surface area contributed by atoms with Gasteiger partial charge >= 0.3 is 0 Å². The fraction of sp³-hybridized carbons (Fsp3) is 0.316. The van der Waals surface area contributed by atoms with E-state index in [0.717, 1.165) is 19.3 Å². The summed E-state index contributed by atoms with van der Waals surface area (Å²) in [5.41, 5.74) is 4.95. The van der Waals surface area contributed by atoms with Gasteiger partial charge in [0.15, 0.2) is 0 Å². The second-order valence-corrected chi connectivity index (χ2v) is 8.50. The van der Waals surface area contributed by atoms with Crippen molar-refractivity contribution in [2.24, 2.45) is 0 Å². The van der Waals surface area contributed by atoms with E-state index in [4.69, 9.17) is 0 Å². The number of hydrogen-bond donors (Lipinski definition) is 2. The minimum atomic E-state index is -3.59. The van der Waals surface area contributed by atoms with Gasteiger partial charge in [0, 0.05) is 24.3 Å². The average molecular weight is 402 g/mol. The lowest BCUT2D eigenvalue weighted by molar-refractivity contribution is 0.0844. The van der Waals surface area contributed by atoms with Crippen molar-refractivity contribution >= 4 is 21.8 Å². The Hall–Kier alpha value is -2.78. The van der Waals surface area contributed by atoms with Gasteiger partial charge in [-0.3, -0.25) is 25.4 Å². The first-order valence-electron chi connectivity index (χ1n) is 9.03. The summed E-state index contributed by atoms with van der Waals surface area (Å²) >= 11 is 0. The molecule has 2 heterocycles. The highest BCUT2D eigenvalue weighted by Crippen LogP contribution is 2.25. The summed E-state index contributed by atoms with van der Waals surface area (Å²) in [6.45, 7) is 2.41. The number of rotatable bonds is 4. The number of hydrazine groups is 1. The van der Waals surface area contributed by atoms with Gasteiger partial charge in [-0.25, -0.2) is 8.42 Å². The van der Waals surface area contributed by atoms with Gasteiger partial charge in [-0.2, -0.15) is 4.31 Å². The van der Waals surface area contributed by atoms with Crippen LogP contribution in [0.15, 0.2) is 53.6 Å². The van der Waals surface area contributed by atoms with Gasteiger partial charge < -0.3 is 0 Å². The topological polar surface area (TPSA) is 108 Å². The van der Waals surface area contributed by atoms with Gasteiger partial charge in [-0.1, -0.05) is 12.5 Å². The molecule has 0 saturated carbocycles. The van der Waals surface area contributed by atoms with Crippen molar-refractivity contribution in [1.82, 2.24) is 20.1 Å². The molecule has 2 aromatic rings. The number of carbonyl (C=O) groups is 2. The SMILES string of the molecule is C[C@H]1CCCCN1S(=O)(=O)c1ccc(C(=O)NNC(=O)c2ccccn2)cc1. The number of pyridine rings is 1. The van der Waals surface area contributed by atoms with E-state index in [2.05, 4.69) is 15.8 Å². The normalized spacial score (nSPS) is 17.7. The molecule has 1 aliphatic heterocycles. The molecule has 28 heavy (non-hydrogen) atoms. The van der Waals surface area contributed by atoms with Gasteiger partial charge in [0.2, 0.25) is 10.0 Å². The molecule has 148 valence electrons. The minimum absolute atomic E-state index is 0.0384. The van der Waals surface area contributed by atoms with E-state index in [1.807, 2.05) is 6.92 Å². The van der Waals surface area contributed by atoms with Crippen molar-refractivity contribution in [1.29, 1.82) is 0 Å². The number of amides is 2. The number of carbonyl (C=O) groups excluding carboxylic acids is 2. The lowest BCUT2D eigenvalue weighted by atomic mass is 10.1. The quantitative estimate of drug-likeness (QED) is 0.757. The maximum Gasteiger partial charge on any atom is 0.288 e. The van der Waals surface area contributed by atoms with Crippen molar-refractivity contribution in [2.75, 3.05) is 6.54 Å². The molecule has 1 atom stereocenters.